The molecule has 0 atom stereocenters. The number of alkyl halides is 3. The molecule has 3 aromatic rings. The number of rotatable bonds is 3. The number of hydrogen-bond acceptors (Lipinski definition) is 1. The van der Waals surface area contributed by atoms with Crippen LogP contribution in [0.1, 0.15) is 15.9 Å². The Morgan fingerprint density at radius 3 is 2.54 bits per heavy atom. The van der Waals surface area contributed by atoms with Crippen LogP contribution in [-0.4, -0.2) is 16.5 Å². The van der Waals surface area contributed by atoms with Crippen LogP contribution >= 0.6 is 27.5 Å². The van der Waals surface area contributed by atoms with Gasteiger partial charge in [0.1, 0.15) is 0 Å². The number of Topliss-reactive ketones (excluding diaryl/α,β-unsaturated/α-hetero) is 1. The van der Waals surface area contributed by atoms with Crippen LogP contribution in [0.3, 0.4) is 0 Å². The summed E-state index contributed by atoms with van der Waals surface area (Å²) in [5, 5.41) is 0.763. The highest BCUT2D eigenvalue weighted by atomic mass is 79.9. The van der Waals surface area contributed by atoms with Crippen LogP contribution in [0, 0.1) is 0 Å². The predicted octanol–water partition coefficient (Wildman–Crippen LogP) is 5.85. The topological polar surface area (TPSA) is 22.0 Å². The van der Waals surface area contributed by atoms with Gasteiger partial charge in [0, 0.05) is 33.1 Å². The van der Waals surface area contributed by atoms with Crippen molar-refractivity contribution < 1.29 is 18.0 Å². The van der Waals surface area contributed by atoms with Gasteiger partial charge in [0.15, 0.2) is 0 Å². The molecule has 0 N–H and O–H groups in total. The van der Waals surface area contributed by atoms with E-state index in [1.54, 1.807) is 41.0 Å². The summed E-state index contributed by atoms with van der Waals surface area (Å²) in [7, 11) is 0. The lowest BCUT2D eigenvalue weighted by molar-refractivity contribution is -0.0884. The molecule has 0 spiro atoms. The Balaban J connectivity index is 2.16. The molecule has 0 saturated carbocycles. The fourth-order valence-electron chi connectivity index (χ4n) is 2.54. The largest absolute Gasteiger partial charge is 0.454 e. The van der Waals surface area contributed by atoms with Gasteiger partial charge in [-0.2, -0.15) is 13.2 Å². The first-order valence-electron chi connectivity index (χ1n) is 6.90. The molecule has 1 aromatic heterocycles. The average Bonchev–Trinajstić information content (AvgIpc) is 2.85. The van der Waals surface area contributed by atoms with E-state index in [-0.39, 0.29) is 17.5 Å². The maximum absolute atomic E-state index is 12.9. The highest BCUT2D eigenvalue weighted by molar-refractivity contribution is 9.10. The SMILES string of the molecule is O=C(c1cn(Cc2ccccc2Cl)c2ccc(Br)cc12)C(F)(F)F. The van der Waals surface area contributed by atoms with Crippen LogP contribution in [0.4, 0.5) is 13.2 Å². The normalized spacial score (nSPS) is 11.9. The molecule has 7 heteroatoms. The van der Waals surface area contributed by atoms with Gasteiger partial charge in [0.2, 0.25) is 0 Å². The van der Waals surface area contributed by atoms with Crippen molar-refractivity contribution in [3.8, 4) is 0 Å². The summed E-state index contributed by atoms with van der Waals surface area (Å²) in [6.07, 6.45) is -3.69. The zero-order valence-corrected chi connectivity index (χ0v) is 14.4. The first-order valence-corrected chi connectivity index (χ1v) is 8.08. The molecule has 0 unspecified atom stereocenters. The summed E-state index contributed by atoms with van der Waals surface area (Å²) >= 11 is 9.36. The number of fused-ring (bicyclic) bond motifs is 1. The minimum Gasteiger partial charge on any atom is -0.342 e. The van der Waals surface area contributed by atoms with Crippen molar-refractivity contribution in [1.29, 1.82) is 0 Å². The van der Waals surface area contributed by atoms with E-state index in [1.807, 2.05) is 0 Å². The number of ketones is 1. The Morgan fingerprint density at radius 1 is 1.17 bits per heavy atom. The molecular weight excluding hydrogens is 407 g/mol. The van der Waals surface area contributed by atoms with E-state index in [4.69, 9.17) is 11.6 Å². The predicted molar refractivity (Wildman–Crippen MR) is 90.6 cm³/mol. The third kappa shape index (κ3) is 3.21. The lowest BCUT2D eigenvalue weighted by Crippen LogP contribution is -2.22. The zero-order valence-electron chi connectivity index (χ0n) is 12.1. The Kier molecular flexibility index (Phi) is 4.44. The van der Waals surface area contributed by atoms with Gasteiger partial charge >= 0.3 is 6.18 Å². The molecule has 2 aromatic carbocycles. The van der Waals surface area contributed by atoms with Gasteiger partial charge < -0.3 is 4.57 Å². The summed E-state index contributed by atoms with van der Waals surface area (Å²) in [6.45, 7) is 0.267. The monoisotopic (exact) mass is 415 g/mol. The van der Waals surface area contributed by atoms with E-state index in [2.05, 4.69) is 15.9 Å². The molecule has 3 rings (SSSR count). The van der Waals surface area contributed by atoms with Crippen molar-refractivity contribution in [2.45, 2.75) is 12.7 Å². The minimum absolute atomic E-state index is 0.249. The van der Waals surface area contributed by atoms with Gasteiger partial charge in [0.25, 0.3) is 5.78 Å². The summed E-state index contributed by atoms with van der Waals surface area (Å²) in [6, 6.07) is 12.0. The second-order valence-corrected chi connectivity index (χ2v) is 6.57. The van der Waals surface area contributed by atoms with Gasteiger partial charge in [-0.15, -0.1) is 0 Å². The van der Waals surface area contributed by atoms with E-state index in [1.165, 1.54) is 12.3 Å². The zero-order chi connectivity index (χ0) is 17.5. The van der Waals surface area contributed by atoms with Crippen molar-refractivity contribution in [1.82, 2.24) is 4.57 Å². The molecule has 0 aliphatic rings. The second-order valence-electron chi connectivity index (χ2n) is 5.25. The number of carbonyl (C=O) groups is 1. The first-order chi connectivity index (χ1) is 11.3. The standard InChI is InChI=1S/C17H10BrClF3NO/c18-11-5-6-15-12(7-11)13(16(24)17(20,21)22)9-23(15)8-10-3-1-2-4-14(10)19/h1-7,9H,8H2. The molecular formula is C17H10BrClF3NO. The van der Waals surface area contributed by atoms with Crippen LogP contribution in [0.15, 0.2) is 53.1 Å². The molecule has 0 fully saturated rings. The summed E-state index contributed by atoms with van der Waals surface area (Å²) in [5.41, 5.74) is 0.918. The summed E-state index contributed by atoms with van der Waals surface area (Å²) in [5.74, 6) is -1.86. The summed E-state index contributed by atoms with van der Waals surface area (Å²) in [4.78, 5) is 11.7. The van der Waals surface area contributed by atoms with E-state index < -0.39 is 12.0 Å². The Labute approximate surface area is 149 Å². The number of aromatic nitrogens is 1. The number of carbonyl (C=O) groups excluding carboxylic acids is 1. The molecule has 0 amide bonds. The highest BCUT2D eigenvalue weighted by Gasteiger charge is 2.40. The van der Waals surface area contributed by atoms with Crippen molar-refractivity contribution in [2.75, 3.05) is 0 Å². The molecule has 0 aliphatic heterocycles. The fraction of sp³-hybridized carbons (Fsp3) is 0.118. The van der Waals surface area contributed by atoms with Crippen LogP contribution in [0.25, 0.3) is 10.9 Å². The molecule has 24 heavy (non-hydrogen) atoms. The van der Waals surface area contributed by atoms with E-state index in [0.717, 1.165) is 5.56 Å². The molecule has 0 radical (unpaired) electrons. The van der Waals surface area contributed by atoms with Crippen LogP contribution in [0.5, 0.6) is 0 Å². The minimum atomic E-state index is -4.92. The van der Waals surface area contributed by atoms with Crippen molar-refractivity contribution in [3.63, 3.8) is 0 Å². The van der Waals surface area contributed by atoms with Crippen LogP contribution in [-0.2, 0) is 6.54 Å². The van der Waals surface area contributed by atoms with Crippen LogP contribution in [0.2, 0.25) is 5.02 Å². The third-order valence-electron chi connectivity index (χ3n) is 3.64. The first kappa shape index (κ1) is 17.0. The van der Waals surface area contributed by atoms with Gasteiger partial charge in [-0.3, -0.25) is 4.79 Å². The smallest absolute Gasteiger partial charge is 0.342 e. The lowest BCUT2D eigenvalue weighted by Gasteiger charge is -2.07. The van der Waals surface area contributed by atoms with E-state index >= 15 is 0 Å². The van der Waals surface area contributed by atoms with Gasteiger partial charge in [-0.25, -0.2) is 0 Å². The number of benzene rings is 2. The molecule has 1 heterocycles. The van der Waals surface area contributed by atoms with Gasteiger partial charge in [0.05, 0.1) is 5.56 Å². The number of nitrogens with zero attached hydrogens (tertiary/aromatic N) is 1. The van der Waals surface area contributed by atoms with Crippen molar-refractivity contribution in [3.05, 3.63) is 69.3 Å². The molecule has 2 nitrogen and oxygen atoms in total. The Morgan fingerprint density at radius 2 is 1.88 bits per heavy atom. The third-order valence-corrected chi connectivity index (χ3v) is 4.51. The maximum Gasteiger partial charge on any atom is 0.454 e. The van der Waals surface area contributed by atoms with E-state index in [0.29, 0.717) is 15.0 Å². The molecule has 0 saturated heterocycles. The van der Waals surface area contributed by atoms with Crippen molar-refractivity contribution in [2.24, 2.45) is 0 Å². The Hall–Kier alpha value is -1.79. The summed E-state index contributed by atoms with van der Waals surface area (Å²) < 4.78 is 40.8. The average molecular weight is 417 g/mol. The van der Waals surface area contributed by atoms with Gasteiger partial charge in [-0.05, 0) is 29.8 Å². The Bertz CT molecular complexity index is 933. The quantitative estimate of drug-likeness (QED) is 0.491. The molecule has 0 aliphatic carbocycles. The maximum atomic E-state index is 12.9. The molecule has 0 bridgehead atoms. The van der Waals surface area contributed by atoms with Crippen LogP contribution < -0.4 is 0 Å². The lowest BCUT2D eigenvalue weighted by atomic mass is 10.1. The van der Waals surface area contributed by atoms with E-state index in [9.17, 15) is 18.0 Å². The van der Waals surface area contributed by atoms with Crippen molar-refractivity contribution >= 4 is 44.2 Å². The molecule has 124 valence electrons. The second kappa shape index (κ2) is 6.26. The fourth-order valence-corrected chi connectivity index (χ4v) is 3.10. The van der Waals surface area contributed by atoms with Gasteiger partial charge in [-0.1, -0.05) is 45.7 Å². The highest BCUT2D eigenvalue weighted by Crippen LogP contribution is 2.31. The number of hydrogen-bond donors (Lipinski definition) is 0. The number of halogens is 5.